The fraction of sp³-hybridized carbons (Fsp3) is 0.625. The Morgan fingerprint density at radius 2 is 1.91 bits per heavy atom. The molecule has 0 bridgehead atoms. The van der Waals surface area contributed by atoms with Crippen LogP contribution in [0.2, 0.25) is 0 Å². The number of halogens is 1. The first-order valence-corrected chi connectivity index (χ1v) is 13.0. The summed E-state index contributed by atoms with van der Waals surface area (Å²) in [7, 11) is 0. The summed E-state index contributed by atoms with van der Waals surface area (Å²) in [4.78, 5) is 4.92. The van der Waals surface area contributed by atoms with Crippen molar-refractivity contribution in [1.82, 2.24) is 25.4 Å². The van der Waals surface area contributed by atoms with E-state index >= 15 is 0 Å². The lowest BCUT2D eigenvalue weighted by Gasteiger charge is -2.17. The maximum atomic E-state index is 4.92. The van der Waals surface area contributed by atoms with E-state index in [1.54, 1.807) is 11.8 Å². The Kier molecular flexibility index (Phi) is 9.70. The number of aryl methyl sites for hydroxylation is 1. The van der Waals surface area contributed by atoms with Crippen LogP contribution in [-0.2, 0) is 11.8 Å². The average molecular weight is 569 g/mol. The number of hydrogen-bond acceptors (Lipinski definition) is 4. The molecule has 2 N–H and O–H groups in total. The van der Waals surface area contributed by atoms with Crippen LogP contribution in [0.3, 0.4) is 0 Å². The van der Waals surface area contributed by atoms with Gasteiger partial charge in [-0.2, -0.15) is 0 Å². The maximum absolute atomic E-state index is 4.92. The molecule has 2 saturated carbocycles. The van der Waals surface area contributed by atoms with Crippen LogP contribution in [0.4, 0.5) is 0 Å². The van der Waals surface area contributed by atoms with E-state index in [-0.39, 0.29) is 29.4 Å². The minimum absolute atomic E-state index is 0. The molecule has 0 saturated heterocycles. The van der Waals surface area contributed by atoms with Gasteiger partial charge in [0.05, 0.1) is 6.54 Å². The van der Waals surface area contributed by atoms with Gasteiger partial charge in [0, 0.05) is 31.0 Å². The largest absolute Gasteiger partial charge is 0.357 e. The number of thioether (sulfide) groups is 1. The van der Waals surface area contributed by atoms with Gasteiger partial charge in [0.25, 0.3) is 0 Å². The van der Waals surface area contributed by atoms with Crippen molar-refractivity contribution < 1.29 is 0 Å². The number of benzene rings is 1. The van der Waals surface area contributed by atoms with Crippen molar-refractivity contribution in [3.8, 4) is 0 Å². The van der Waals surface area contributed by atoms with Gasteiger partial charge in [-0.1, -0.05) is 54.9 Å². The van der Waals surface area contributed by atoms with Crippen molar-refractivity contribution >= 4 is 41.7 Å². The Labute approximate surface area is 213 Å². The molecular formula is C24H37IN6S. The molecule has 0 atom stereocenters. The topological polar surface area (TPSA) is 67.1 Å². The van der Waals surface area contributed by atoms with E-state index in [0.717, 1.165) is 49.4 Å². The lowest BCUT2D eigenvalue weighted by molar-refractivity contribution is 0.460. The zero-order valence-corrected chi connectivity index (χ0v) is 22.5. The fourth-order valence-corrected chi connectivity index (χ4v) is 5.23. The molecule has 0 spiro atoms. The standard InChI is InChI=1S/C24H36N6S.HI/c1-3-25-22(27-18-24(15-16-24)19-10-5-4-6-11-19)26-17-9-14-21-28-29-23(31-2)30(21)20-12-7-8-13-20;/h4-6,10-11,20H,3,7-9,12-18H2,1-2H3,(H2,25,26,27);1H. The first kappa shape index (κ1) is 25.3. The normalized spacial score (nSPS) is 17.8. The summed E-state index contributed by atoms with van der Waals surface area (Å²) in [6.45, 7) is 4.72. The van der Waals surface area contributed by atoms with Gasteiger partial charge in [0.1, 0.15) is 5.82 Å². The second-order valence-corrected chi connectivity index (χ2v) is 9.56. The molecule has 2 fully saturated rings. The number of aliphatic imine (C=N–C) groups is 1. The number of rotatable bonds is 10. The van der Waals surface area contributed by atoms with E-state index in [0.29, 0.717) is 6.04 Å². The summed E-state index contributed by atoms with van der Waals surface area (Å²) in [6, 6.07) is 11.4. The summed E-state index contributed by atoms with van der Waals surface area (Å²) in [5.41, 5.74) is 1.67. The summed E-state index contributed by atoms with van der Waals surface area (Å²) in [5, 5.41) is 17.0. The van der Waals surface area contributed by atoms with Crippen molar-refractivity contribution in [3.63, 3.8) is 0 Å². The molecule has 176 valence electrons. The minimum Gasteiger partial charge on any atom is -0.357 e. The molecule has 6 nitrogen and oxygen atoms in total. The molecule has 2 aliphatic rings. The highest BCUT2D eigenvalue weighted by molar-refractivity contribution is 14.0. The average Bonchev–Trinajstić information content (AvgIpc) is 3.20. The van der Waals surface area contributed by atoms with E-state index < -0.39 is 0 Å². The third-order valence-corrected chi connectivity index (χ3v) is 7.24. The van der Waals surface area contributed by atoms with Crippen molar-refractivity contribution in [2.45, 2.75) is 74.9 Å². The molecule has 2 aliphatic carbocycles. The summed E-state index contributed by atoms with van der Waals surface area (Å²) >= 11 is 1.71. The molecular weight excluding hydrogens is 531 g/mol. The Morgan fingerprint density at radius 3 is 2.56 bits per heavy atom. The lowest BCUT2D eigenvalue weighted by Crippen LogP contribution is -2.38. The Balaban J connectivity index is 0.00000289. The molecule has 0 aliphatic heterocycles. The molecule has 1 aromatic heterocycles. The highest BCUT2D eigenvalue weighted by atomic mass is 127. The van der Waals surface area contributed by atoms with E-state index in [2.05, 4.69) is 68.9 Å². The molecule has 2 aromatic rings. The fourth-order valence-electron chi connectivity index (χ4n) is 4.65. The van der Waals surface area contributed by atoms with Crippen molar-refractivity contribution in [2.75, 3.05) is 25.9 Å². The van der Waals surface area contributed by atoms with Gasteiger partial charge in [-0.05, 0) is 50.8 Å². The molecule has 0 unspecified atom stereocenters. The molecule has 32 heavy (non-hydrogen) atoms. The van der Waals surface area contributed by atoms with E-state index in [1.165, 1.54) is 44.1 Å². The molecule has 0 amide bonds. The molecule has 4 rings (SSSR count). The number of nitrogens with one attached hydrogen (secondary N) is 2. The maximum Gasteiger partial charge on any atom is 0.191 e. The smallest absolute Gasteiger partial charge is 0.191 e. The lowest BCUT2D eigenvalue weighted by atomic mass is 9.96. The van der Waals surface area contributed by atoms with Crippen LogP contribution in [-0.4, -0.2) is 46.6 Å². The van der Waals surface area contributed by atoms with Crippen LogP contribution in [0.15, 0.2) is 40.5 Å². The third kappa shape index (κ3) is 6.18. The van der Waals surface area contributed by atoms with E-state index in [9.17, 15) is 0 Å². The molecule has 1 heterocycles. The van der Waals surface area contributed by atoms with E-state index in [4.69, 9.17) is 4.99 Å². The monoisotopic (exact) mass is 568 g/mol. The first-order chi connectivity index (χ1) is 15.3. The number of hydrogen-bond donors (Lipinski definition) is 2. The number of guanidine groups is 1. The Morgan fingerprint density at radius 1 is 1.16 bits per heavy atom. The second kappa shape index (κ2) is 12.3. The zero-order chi connectivity index (χ0) is 21.5. The first-order valence-electron chi connectivity index (χ1n) is 11.8. The Bertz CT molecular complexity index is 859. The van der Waals surface area contributed by atoms with Crippen LogP contribution in [0, 0.1) is 0 Å². The van der Waals surface area contributed by atoms with E-state index in [1.807, 2.05) is 0 Å². The second-order valence-electron chi connectivity index (χ2n) is 8.78. The van der Waals surface area contributed by atoms with Crippen molar-refractivity contribution in [3.05, 3.63) is 41.7 Å². The van der Waals surface area contributed by atoms with Crippen LogP contribution < -0.4 is 10.6 Å². The van der Waals surface area contributed by atoms with Gasteiger partial charge < -0.3 is 15.2 Å². The number of aromatic nitrogens is 3. The summed E-state index contributed by atoms with van der Waals surface area (Å²) in [5.74, 6) is 2.06. The Hall–Kier alpha value is -1.29. The SMILES string of the molecule is CCNC(=NCC1(c2ccccc2)CC1)NCCCc1nnc(SC)n1C1CCCC1.I. The predicted molar refractivity (Wildman–Crippen MR) is 144 cm³/mol. The summed E-state index contributed by atoms with van der Waals surface area (Å²) < 4.78 is 2.41. The number of nitrogens with zero attached hydrogens (tertiary/aromatic N) is 4. The van der Waals surface area contributed by atoms with Gasteiger partial charge in [-0.25, -0.2) is 0 Å². The molecule has 0 radical (unpaired) electrons. The van der Waals surface area contributed by atoms with Gasteiger partial charge in [-0.3, -0.25) is 4.99 Å². The summed E-state index contributed by atoms with van der Waals surface area (Å²) in [6.07, 6.45) is 11.7. The minimum atomic E-state index is 0. The molecule has 1 aromatic carbocycles. The van der Waals surface area contributed by atoms with Crippen molar-refractivity contribution in [2.24, 2.45) is 4.99 Å². The van der Waals surface area contributed by atoms with Crippen LogP contribution in [0.1, 0.15) is 69.3 Å². The van der Waals surface area contributed by atoms with Crippen LogP contribution >= 0.6 is 35.7 Å². The van der Waals surface area contributed by atoms with Gasteiger partial charge >= 0.3 is 0 Å². The predicted octanol–water partition coefficient (Wildman–Crippen LogP) is 4.95. The van der Waals surface area contributed by atoms with Crippen LogP contribution in [0.5, 0.6) is 0 Å². The van der Waals surface area contributed by atoms with Gasteiger partial charge in [0.2, 0.25) is 0 Å². The third-order valence-electron chi connectivity index (χ3n) is 6.60. The van der Waals surface area contributed by atoms with Gasteiger partial charge in [-0.15, -0.1) is 34.2 Å². The van der Waals surface area contributed by atoms with Crippen molar-refractivity contribution in [1.29, 1.82) is 0 Å². The highest BCUT2D eigenvalue weighted by Crippen LogP contribution is 2.48. The van der Waals surface area contributed by atoms with Gasteiger partial charge in [0.15, 0.2) is 11.1 Å². The molecule has 8 heteroatoms. The van der Waals surface area contributed by atoms with Crippen LogP contribution in [0.25, 0.3) is 0 Å². The zero-order valence-electron chi connectivity index (χ0n) is 19.3. The highest BCUT2D eigenvalue weighted by Gasteiger charge is 2.43. The quantitative estimate of drug-likeness (QED) is 0.140.